The summed E-state index contributed by atoms with van der Waals surface area (Å²) in [5, 5.41) is 7.20. The third kappa shape index (κ3) is 3.03. The highest BCUT2D eigenvalue weighted by atomic mass is 16.2. The SMILES string of the molecule is Cn1cc(-c2cnc(N)c(C(=O)NC3CCCc4ccccc43)n2)cn1. The van der Waals surface area contributed by atoms with Crippen molar-refractivity contribution < 1.29 is 4.79 Å². The second kappa shape index (κ2) is 6.59. The standard InChI is InChI=1S/C19H20N6O/c1-25-11-13(9-22-25)16-10-21-18(20)17(23-16)19(26)24-15-8-4-6-12-5-2-3-7-14(12)15/h2-3,5,7,9-11,15H,4,6,8H2,1H3,(H2,20,21)(H,24,26). The van der Waals surface area contributed by atoms with Gasteiger partial charge in [0.05, 0.1) is 24.1 Å². The molecule has 4 rings (SSSR count). The Kier molecular flexibility index (Phi) is 4.12. The zero-order chi connectivity index (χ0) is 18.1. The van der Waals surface area contributed by atoms with Gasteiger partial charge in [0, 0.05) is 18.8 Å². The Bertz CT molecular complexity index is 964. The average Bonchev–Trinajstić information content (AvgIpc) is 3.09. The van der Waals surface area contributed by atoms with Crippen LogP contribution < -0.4 is 11.1 Å². The molecule has 7 nitrogen and oxygen atoms in total. The summed E-state index contributed by atoms with van der Waals surface area (Å²) < 4.78 is 1.67. The van der Waals surface area contributed by atoms with Gasteiger partial charge in [0.2, 0.25) is 0 Å². The van der Waals surface area contributed by atoms with E-state index in [2.05, 4.69) is 32.5 Å². The number of rotatable bonds is 3. The molecule has 7 heteroatoms. The molecule has 1 atom stereocenters. The van der Waals surface area contributed by atoms with Crippen molar-refractivity contribution in [3.05, 3.63) is 59.7 Å². The van der Waals surface area contributed by atoms with E-state index in [0.29, 0.717) is 5.69 Å². The van der Waals surface area contributed by atoms with Crippen LogP contribution in [0, 0.1) is 0 Å². The van der Waals surface area contributed by atoms with Crippen LogP contribution in [0.25, 0.3) is 11.3 Å². The van der Waals surface area contributed by atoms with Crippen LogP contribution >= 0.6 is 0 Å². The second-order valence-corrected chi connectivity index (χ2v) is 6.51. The van der Waals surface area contributed by atoms with Crippen molar-refractivity contribution in [2.45, 2.75) is 25.3 Å². The van der Waals surface area contributed by atoms with Gasteiger partial charge in [-0.25, -0.2) is 9.97 Å². The lowest BCUT2D eigenvalue weighted by molar-refractivity contribution is 0.0928. The van der Waals surface area contributed by atoms with E-state index in [1.165, 1.54) is 11.1 Å². The van der Waals surface area contributed by atoms with E-state index >= 15 is 0 Å². The highest BCUT2D eigenvalue weighted by molar-refractivity contribution is 5.97. The Balaban J connectivity index is 1.61. The molecule has 1 amide bonds. The number of nitrogens with one attached hydrogen (secondary N) is 1. The van der Waals surface area contributed by atoms with E-state index < -0.39 is 0 Å². The smallest absolute Gasteiger partial charge is 0.274 e. The number of amides is 1. The van der Waals surface area contributed by atoms with E-state index in [0.717, 1.165) is 24.8 Å². The van der Waals surface area contributed by atoms with E-state index in [-0.39, 0.29) is 23.5 Å². The lowest BCUT2D eigenvalue weighted by Gasteiger charge is -2.26. The number of aryl methyl sites for hydroxylation is 2. The maximum atomic E-state index is 12.8. The van der Waals surface area contributed by atoms with Gasteiger partial charge in [0.15, 0.2) is 11.5 Å². The summed E-state index contributed by atoms with van der Waals surface area (Å²) in [6.07, 6.45) is 8.04. The summed E-state index contributed by atoms with van der Waals surface area (Å²) in [4.78, 5) is 21.4. The molecule has 0 spiro atoms. The topological polar surface area (TPSA) is 98.7 Å². The number of fused-ring (bicyclic) bond motifs is 1. The molecule has 0 saturated carbocycles. The van der Waals surface area contributed by atoms with Crippen molar-refractivity contribution in [2.75, 3.05) is 5.73 Å². The molecule has 0 radical (unpaired) electrons. The summed E-state index contributed by atoms with van der Waals surface area (Å²) >= 11 is 0. The Morgan fingerprint density at radius 3 is 2.96 bits per heavy atom. The summed E-state index contributed by atoms with van der Waals surface area (Å²) in [5.74, 6) is -0.179. The molecule has 1 aromatic carbocycles. The fourth-order valence-electron chi connectivity index (χ4n) is 3.39. The van der Waals surface area contributed by atoms with E-state index in [1.54, 1.807) is 17.1 Å². The van der Waals surface area contributed by atoms with Crippen molar-refractivity contribution in [1.29, 1.82) is 0 Å². The summed E-state index contributed by atoms with van der Waals surface area (Å²) in [6, 6.07) is 8.19. The van der Waals surface area contributed by atoms with Crippen LogP contribution in [-0.4, -0.2) is 25.7 Å². The molecule has 2 aromatic heterocycles. The lowest BCUT2D eigenvalue weighted by atomic mass is 9.87. The molecule has 132 valence electrons. The van der Waals surface area contributed by atoms with Crippen molar-refractivity contribution >= 4 is 11.7 Å². The minimum absolute atomic E-state index is 0.0318. The van der Waals surface area contributed by atoms with E-state index in [4.69, 9.17) is 5.73 Å². The first-order valence-electron chi connectivity index (χ1n) is 8.62. The number of nitrogen functional groups attached to an aromatic ring is 1. The molecule has 1 aliphatic rings. The van der Waals surface area contributed by atoms with Gasteiger partial charge in [-0.05, 0) is 30.4 Å². The summed E-state index contributed by atoms with van der Waals surface area (Å²) in [6.45, 7) is 0. The van der Waals surface area contributed by atoms with Crippen LogP contribution in [0.2, 0.25) is 0 Å². The number of carbonyl (C=O) groups is 1. The molecule has 26 heavy (non-hydrogen) atoms. The molecule has 0 bridgehead atoms. The fraction of sp³-hybridized carbons (Fsp3) is 0.263. The number of benzene rings is 1. The van der Waals surface area contributed by atoms with Crippen molar-refractivity contribution in [2.24, 2.45) is 7.05 Å². The van der Waals surface area contributed by atoms with Gasteiger partial charge in [0.25, 0.3) is 5.91 Å². The number of nitrogens with two attached hydrogens (primary N) is 1. The second-order valence-electron chi connectivity index (χ2n) is 6.51. The van der Waals surface area contributed by atoms with Crippen LogP contribution in [0.5, 0.6) is 0 Å². The summed E-state index contributed by atoms with van der Waals surface area (Å²) in [7, 11) is 1.82. The predicted octanol–water partition coefficient (Wildman–Crippen LogP) is 2.27. The monoisotopic (exact) mass is 348 g/mol. The summed E-state index contributed by atoms with van der Waals surface area (Å²) in [5.41, 5.74) is 9.88. The molecule has 3 aromatic rings. The zero-order valence-electron chi connectivity index (χ0n) is 14.5. The van der Waals surface area contributed by atoms with Gasteiger partial charge in [0.1, 0.15) is 0 Å². The van der Waals surface area contributed by atoms with Gasteiger partial charge < -0.3 is 11.1 Å². The Labute approximate surface area is 151 Å². The molecule has 0 saturated heterocycles. The molecule has 1 aliphatic carbocycles. The first kappa shape index (κ1) is 16.3. The minimum atomic E-state index is -0.303. The number of carbonyl (C=O) groups excluding carboxylic acids is 1. The fourth-order valence-corrected chi connectivity index (χ4v) is 3.39. The van der Waals surface area contributed by atoms with Crippen LogP contribution in [0.1, 0.15) is 40.5 Å². The van der Waals surface area contributed by atoms with Gasteiger partial charge in [-0.2, -0.15) is 5.10 Å². The number of hydrogen-bond acceptors (Lipinski definition) is 5. The Hall–Kier alpha value is -3.22. The van der Waals surface area contributed by atoms with Gasteiger partial charge in [-0.3, -0.25) is 9.48 Å². The van der Waals surface area contributed by atoms with Crippen LogP contribution in [-0.2, 0) is 13.5 Å². The minimum Gasteiger partial charge on any atom is -0.382 e. The molecular weight excluding hydrogens is 328 g/mol. The molecule has 0 aliphatic heterocycles. The van der Waals surface area contributed by atoms with E-state index in [9.17, 15) is 4.79 Å². The number of aromatic nitrogens is 4. The van der Waals surface area contributed by atoms with Gasteiger partial charge >= 0.3 is 0 Å². The third-order valence-corrected chi connectivity index (χ3v) is 4.69. The molecule has 1 unspecified atom stereocenters. The quantitative estimate of drug-likeness (QED) is 0.756. The van der Waals surface area contributed by atoms with E-state index in [1.807, 2.05) is 25.4 Å². The maximum Gasteiger partial charge on any atom is 0.274 e. The van der Waals surface area contributed by atoms with Gasteiger partial charge in [-0.15, -0.1) is 0 Å². The molecule has 2 heterocycles. The molecule has 0 fully saturated rings. The Morgan fingerprint density at radius 1 is 1.31 bits per heavy atom. The van der Waals surface area contributed by atoms with Crippen LogP contribution in [0.15, 0.2) is 42.9 Å². The van der Waals surface area contributed by atoms with Crippen LogP contribution in [0.3, 0.4) is 0 Å². The van der Waals surface area contributed by atoms with Crippen LogP contribution in [0.4, 0.5) is 5.82 Å². The lowest BCUT2D eigenvalue weighted by Crippen LogP contribution is -2.32. The normalized spacial score (nSPS) is 16.1. The molecule has 3 N–H and O–H groups in total. The Morgan fingerprint density at radius 2 is 2.15 bits per heavy atom. The maximum absolute atomic E-state index is 12.8. The molecular formula is C19H20N6O. The highest BCUT2D eigenvalue weighted by Crippen LogP contribution is 2.30. The first-order chi connectivity index (χ1) is 12.6. The largest absolute Gasteiger partial charge is 0.382 e. The zero-order valence-corrected chi connectivity index (χ0v) is 14.5. The number of nitrogens with zero attached hydrogens (tertiary/aromatic N) is 4. The number of anilines is 1. The number of hydrogen-bond donors (Lipinski definition) is 2. The third-order valence-electron chi connectivity index (χ3n) is 4.69. The van der Waals surface area contributed by atoms with Crippen molar-refractivity contribution in [3.8, 4) is 11.3 Å². The van der Waals surface area contributed by atoms with Gasteiger partial charge in [-0.1, -0.05) is 24.3 Å². The average molecular weight is 348 g/mol. The highest BCUT2D eigenvalue weighted by Gasteiger charge is 2.24. The first-order valence-corrected chi connectivity index (χ1v) is 8.62. The van der Waals surface area contributed by atoms with Crippen molar-refractivity contribution in [1.82, 2.24) is 25.1 Å². The predicted molar refractivity (Wildman–Crippen MR) is 98.2 cm³/mol. The van der Waals surface area contributed by atoms with Crippen molar-refractivity contribution in [3.63, 3.8) is 0 Å².